The van der Waals surface area contributed by atoms with Crippen molar-refractivity contribution >= 4 is 11.3 Å². The molecule has 0 aromatic carbocycles. The Morgan fingerprint density at radius 1 is 1.62 bits per heavy atom. The number of aliphatic hydroxyl groups is 1. The Labute approximate surface area is 98.3 Å². The molecule has 0 spiro atoms. The summed E-state index contributed by atoms with van der Waals surface area (Å²) >= 11 is 1.69. The van der Waals surface area contributed by atoms with Crippen molar-refractivity contribution in [3.8, 4) is 10.6 Å². The zero-order valence-corrected chi connectivity index (χ0v) is 9.92. The van der Waals surface area contributed by atoms with E-state index in [-0.39, 0.29) is 6.10 Å². The van der Waals surface area contributed by atoms with Gasteiger partial charge in [-0.3, -0.25) is 5.10 Å². The van der Waals surface area contributed by atoms with Crippen LogP contribution in [0.2, 0.25) is 0 Å². The lowest BCUT2D eigenvalue weighted by molar-refractivity contribution is 0.191. The molecule has 1 unspecified atom stereocenters. The minimum absolute atomic E-state index is 0.322. The van der Waals surface area contributed by atoms with Crippen molar-refractivity contribution in [3.05, 3.63) is 29.3 Å². The Morgan fingerprint density at radius 3 is 3.19 bits per heavy atom. The number of aliphatic hydroxyl groups excluding tert-OH is 1. The first-order valence-electron chi connectivity index (χ1n) is 5.22. The van der Waals surface area contributed by atoms with E-state index in [1.54, 1.807) is 18.3 Å². The van der Waals surface area contributed by atoms with Gasteiger partial charge in [-0.1, -0.05) is 6.07 Å². The van der Waals surface area contributed by atoms with E-state index in [0.29, 0.717) is 13.1 Å². The summed E-state index contributed by atoms with van der Waals surface area (Å²) in [7, 11) is 0. The molecule has 16 heavy (non-hydrogen) atoms. The Kier molecular flexibility index (Phi) is 3.71. The van der Waals surface area contributed by atoms with Crippen LogP contribution in [0, 0.1) is 0 Å². The van der Waals surface area contributed by atoms with Crippen LogP contribution in [0.3, 0.4) is 0 Å². The van der Waals surface area contributed by atoms with Crippen molar-refractivity contribution in [1.82, 2.24) is 15.5 Å². The lowest BCUT2D eigenvalue weighted by Gasteiger charge is -2.06. The molecule has 0 amide bonds. The highest BCUT2D eigenvalue weighted by molar-refractivity contribution is 7.13. The molecule has 0 saturated carbocycles. The molecule has 0 bridgehead atoms. The second-order valence-electron chi connectivity index (χ2n) is 3.73. The molecule has 0 fully saturated rings. The third-order valence-corrected chi connectivity index (χ3v) is 3.13. The number of aromatic amines is 1. The number of aromatic nitrogens is 2. The van der Waals surface area contributed by atoms with Gasteiger partial charge in [-0.05, 0) is 18.4 Å². The minimum Gasteiger partial charge on any atom is -0.392 e. The SMILES string of the molecule is CC(O)CNCc1cn[nH]c1-c1cccs1. The number of rotatable bonds is 5. The molecule has 0 aliphatic rings. The van der Waals surface area contributed by atoms with Crippen molar-refractivity contribution in [1.29, 1.82) is 0 Å². The van der Waals surface area contributed by atoms with E-state index in [0.717, 1.165) is 11.3 Å². The fourth-order valence-corrected chi connectivity index (χ4v) is 2.25. The standard InChI is InChI=1S/C11H15N3OS/c1-8(15)5-12-6-9-7-13-14-11(9)10-3-2-4-16-10/h2-4,7-8,12,15H,5-6H2,1H3,(H,13,14). The molecule has 2 rings (SSSR count). The van der Waals surface area contributed by atoms with E-state index < -0.39 is 0 Å². The number of H-pyrrole nitrogens is 1. The maximum atomic E-state index is 9.15. The summed E-state index contributed by atoms with van der Waals surface area (Å²) in [6.45, 7) is 3.08. The molecular weight excluding hydrogens is 222 g/mol. The summed E-state index contributed by atoms with van der Waals surface area (Å²) in [5.74, 6) is 0. The van der Waals surface area contributed by atoms with Gasteiger partial charge in [0, 0.05) is 18.7 Å². The van der Waals surface area contributed by atoms with Gasteiger partial charge in [-0.25, -0.2) is 0 Å². The van der Waals surface area contributed by atoms with Crippen molar-refractivity contribution in [2.45, 2.75) is 19.6 Å². The Morgan fingerprint density at radius 2 is 2.50 bits per heavy atom. The van der Waals surface area contributed by atoms with Gasteiger partial charge >= 0.3 is 0 Å². The largest absolute Gasteiger partial charge is 0.392 e. The average molecular weight is 237 g/mol. The zero-order valence-electron chi connectivity index (χ0n) is 9.10. The van der Waals surface area contributed by atoms with Gasteiger partial charge in [-0.15, -0.1) is 11.3 Å². The Bertz CT molecular complexity index is 422. The van der Waals surface area contributed by atoms with Gasteiger partial charge in [-0.2, -0.15) is 5.10 Å². The average Bonchev–Trinajstić information content (AvgIpc) is 2.84. The topological polar surface area (TPSA) is 60.9 Å². The number of nitrogens with one attached hydrogen (secondary N) is 2. The van der Waals surface area contributed by atoms with E-state index in [9.17, 15) is 0 Å². The third-order valence-electron chi connectivity index (χ3n) is 2.24. The van der Waals surface area contributed by atoms with Gasteiger partial charge in [0.15, 0.2) is 0 Å². The highest BCUT2D eigenvalue weighted by atomic mass is 32.1. The van der Waals surface area contributed by atoms with Crippen LogP contribution >= 0.6 is 11.3 Å². The smallest absolute Gasteiger partial charge is 0.0794 e. The molecule has 0 aliphatic carbocycles. The van der Waals surface area contributed by atoms with Crippen LogP contribution in [-0.4, -0.2) is 28.0 Å². The van der Waals surface area contributed by atoms with E-state index in [4.69, 9.17) is 5.11 Å². The van der Waals surface area contributed by atoms with Crippen LogP contribution < -0.4 is 5.32 Å². The first-order chi connectivity index (χ1) is 7.77. The summed E-state index contributed by atoms with van der Waals surface area (Å²) in [6.07, 6.45) is 1.50. The van der Waals surface area contributed by atoms with Crippen LogP contribution in [0.4, 0.5) is 0 Å². The highest BCUT2D eigenvalue weighted by Gasteiger charge is 2.08. The number of hydrogen-bond donors (Lipinski definition) is 3. The predicted octanol–water partition coefficient (Wildman–Crippen LogP) is 1.61. The van der Waals surface area contributed by atoms with Gasteiger partial charge in [0.2, 0.25) is 0 Å². The van der Waals surface area contributed by atoms with Gasteiger partial charge in [0.25, 0.3) is 0 Å². The maximum Gasteiger partial charge on any atom is 0.0794 e. The summed E-state index contributed by atoms with van der Waals surface area (Å²) < 4.78 is 0. The lowest BCUT2D eigenvalue weighted by Crippen LogP contribution is -2.23. The molecule has 0 saturated heterocycles. The van der Waals surface area contributed by atoms with Crippen LogP contribution in [0.25, 0.3) is 10.6 Å². The minimum atomic E-state index is -0.322. The van der Waals surface area contributed by atoms with Crippen molar-refractivity contribution in [2.24, 2.45) is 0 Å². The third kappa shape index (κ3) is 2.69. The molecule has 2 aromatic heterocycles. The molecule has 2 heterocycles. The monoisotopic (exact) mass is 237 g/mol. The van der Waals surface area contributed by atoms with E-state index >= 15 is 0 Å². The Balaban J connectivity index is 2.03. The van der Waals surface area contributed by atoms with Crippen molar-refractivity contribution in [3.63, 3.8) is 0 Å². The number of thiophene rings is 1. The summed E-state index contributed by atoms with van der Waals surface area (Å²) in [5.41, 5.74) is 2.19. The summed E-state index contributed by atoms with van der Waals surface area (Å²) in [4.78, 5) is 1.19. The fraction of sp³-hybridized carbons (Fsp3) is 0.364. The van der Waals surface area contributed by atoms with Crippen molar-refractivity contribution in [2.75, 3.05) is 6.54 Å². The molecule has 5 heteroatoms. The molecule has 86 valence electrons. The maximum absolute atomic E-state index is 9.15. The van der Waals surface area contributed by atoms with Gasteiger partial charge in [0.1, 0.15) is 0 Å². The lowest BCUT2D eigenvalue weighted by atomic mass is 10.2. The predicted molar refractivity (Wildman–Crippen MR) is 65.3 cm³/mol. The normalized spacial score (nSPS) is 12.9. The molecule has 3 N–H and O–H groups in total. The van der Waals surface area contributed by atoms with E-state index in [1.165, 1.54) is 4.88 Å². The van der Waals surface area contributed by atoms with Crippen LogP contribution in [0.5, 0.6) is 0 Å². The molecule has 2 aromatic rings. The first kappa shape index (κ1) is 11.3. The first-order valence-corrected chi connectivity index (χ1v) is 6.10. The Hall–Kier alpha value is -1.17. The second-order valence-corrected chi connectivity index (χ2v) is 4.68. The molecule has 4 nitrogen and oxygen atoms in total. The van der Waals surface area contributed by atoms with Crippen LogP contribution in [-0.2, 0) is 6.54 Å². The molecule has 0 radical (unpaired) electrons. The van der Waals surface area contributed by atoms with E-state index in [1.807, 2.05) is 17.6 Å². The van der Waals surface area contributed by atoms with Gasteiger partial charge < -0.3 is 10.4 Å². The zero-order chi connectivity index (χ0) is 11.4. The fourth-order valence-electron chi connectivity index (χ4n) is 1.50. The van der Waals surface area contributed by atoms with Crippen molar-refractivity contribution < 1.29 is 5.11 Å². The molecular formula is C11H15N3OS. The van der Waals surface area contributed by atoms with E-state index in [2.05, 4.69) is 21.6 Å². The summed E-state index contributed by atoms with van der Waals surface area (Å²) in [5, 5.41) is 21.4. The van der Waals surface area contributed by atoms with Gasteiger partial charge in [0.05, 0.1) is 22.9 Å². The van der Waals surface area contributed by atoms with Crippen LogP contribution in [0.15, 0.2) is 23.7 Å². The highest BCUT2D eigenvalue weighted by Crippen LogP contribution is 2.25. The molecule has 1 atom stereocenters. The number of hydrogen-bond acceptors (Lipinski definition) is 4. The van der Waals surface area contributed by atoms with Crippen LogP contribution in [0.1, 0.15) is 12.5 Å². The second kappa shape index (κ2) is 5.25. The quantitative estimate of drug-likeness (QED) is 0.740. The number of nitrogens with zero attached hydrogens (tertiary/aromatic N) is 1. The summed E-state index contributed by atoms with van der Waals surface area (Å²) in [6, 6.07) is 4.09. The molecule has 0 aliphatic heterocycles.